The number of ether oxygens (including phenoxy) is 1. The highest BCUT2D eigenvalue weighted by Crippen LogP contribution is 2.25. The summed E-state index contributed by atoms with van der Waals surface area (Å²) in [6, 6.07) is 11.9. The summed E-state index contributed by atoms with van der Waals surface area (Å²) in [5.41, 5.74) is 3.39. The summed E-state index contributed by atoms with van der Waals surface area (Å²) in [6.45, 7) is 2.79. The number of hydrogen-bond acceptors (Lipinski definition) is 2. The van der Waals surface area contributed by atoms with E-state index in [0.717, 1.165) is 38.6 Å². The van der Waals surface area contributed by atoms with Crippen molar-refractivity contribution in [2.45, 2.75) is 13.5 Å². The molecule has 0 fully saturated rings. The summed E-state index contributed by atoms with van der Waals surface area (Å²) in [6.07, 6.45) is 0. The van der Waals surface area contributed by atoms with Crippen LogP contribution in [0.2, 0.25) is 5.02 Å². The van der Waals surface area contributed by atoms with Gasteiger partial charge in [-0.3, -0.25) is 0 Å². The Morgan fingerprint density at radius 1 is 1.21 bits per heavy atom. The van der Waals surface area contributed by atoms with Crippen LogP contribution >= 0.6 is 27.5 Å². The first-order valence-corrected chi connectivity index (χ1v) is 7.09. The van der Waals surface area contributed by atoms with Gasteiger partial charge in [-0.1, -0.05) is 17.7 Å². The number of methoxy groups -OCH3 is 1. The van der Waals surface area contributed by atoms with Crippen molar-refractivity contribution in [3.05, 3.63) is 57.0 Å². The molecule has 0 radical (unpaired) electrons. The third-order valence-corrected chi connectivity index (χ3v) is 4.13. The minimum Gasteiger partial charge on any atom is -0.497 e. The third kappa shape index (κ3) is 3.64. The molecule has 0 amide bonds. The normalized spacial score (nSPS) is 10.3. The molecule has 0 aliphatic rings. The Kier molecular flexibility index (Phi) is 4.72. The van der Waals surface area contributed by atoms with E-state index in [9.17, 15) is 0 Å². The molecule has 1 N–H and O–H groups in total. The van der Waals surface area contributed by atoms with Gasteiger partial charge >= 0.3 is 0 Å². The minimum atomic E-state index is 0.728. The van der Waals surface area contributed by atoms with Gasteiger partial charge in [0.25, 0.3) is 0 Å². The second-order valence-electron chi connectivity index (χ2n) is 4.28. The van der Waals surface area contributed by atoms with Gasteiger partial charge in [0.05, 0.1) is 12.1 Å². The fourth-order valence-electron chi connectivity index (χ4n) is 1.81. The molecule has 2 aromatic rings. The molecular weight excluding hydrogens is 326 g/mol. The van der Waals surface area contributed by atoms with E-state index in [1.165, 1.54) is 0 Å². The van der Waals surface area contributed by atoms with Gasteiger partial charge < -0.3 is 10.1 Å². The smallest absolute Gasteiger partial charge is 0.119 e. The van der Waals surface area contributed by atoms with E-state index >= 15 is 0 Å². The fourth-order valence-corrected chi connectivity index (χ4v) is 2.26. The lowest BCUT2D eigenvalue weighted by atomic mass is 10.1. The predicted molar refractivity (Wildman–Crippen MR) is 84.2 cm³/mol. The van der Waals surface area contributed by atoms with Crippen molar-refractivity contribution >= 4 is 33.2 Å². The molecule has 0 heterocycles. The summed E-state index contributed by atoms with van der Waals surface area (Å²) >= 11 is 9.46. The van der Waals surface area contributed by atoms with E-state index in [2.05, 4.69) is 28.2 Å². The summed E-state index contributed by atoms with van der Waals surface area (Å²) < 4.78 is 6.11. The quantitative estimate of drug-likeness (QED) is 0.842. The Hall–Kier alpha value is -1.19. The van der Waals surface area contributed by atoms with Crippen LogP contribution in [0, 0.1) is 6.92 Å². The zero-order valence-electron chi connectivity index (χ0n) is 10.8. The van der Waals surface area contributed by atoms with Crippen molar-refractivity contribution in [3.8, 4) is 5.75 Å². The SMILES string of the molecule is COc1ccc(NCc2ccc(Br)c(Cl)c2)c(C)c1. The number of rotatable bonds is 4. The molecule has 0 unspecified atom stereocenters. The van der Waals surface area contributed by atoms with Crippen molar-refractivity contribution in [2.24, 2.45) is 0 Å². The fraction of sp³-hybridized carbons (Fsp3) is 0.200. The standard InChI is InChI=1S/C15H15BrClNO/c1-10-7-12(19-2)4-6-15(10)18-9-11-3-5-13(16)14(17)8-11/h3-8,18H,9H2,1-2H3. The maximum absolute atomic E-state index is 6.08. The number of anilines is 1. The van der Waals surface area contributed by atoms with Crippen LogP contribution in [-0.4, -0.2) is 7.11 Å². The Balaban J connectivity index is 2.07. The minimum absolute atomic E-state index is 0.728. The van der Waals surface area contributed by atoms with Gasteiger partial charge in [-0.25, -0.2) is 0 Å². The Bertz CT molecular complexity index is 586. The third-order valence-electron chi connectivity index (χ3n) is 2.90. The molecule has 0 aromatic heterocycles. The average molecular weight is 341 g/mol. The van der Waals surface area contributed by atoms with Crippen molar-refractivity contribution in [3.63, 3.8) is 0 Å². The first-order valence-electron chi connectivity index (χ1n) is 5.92. The summed E-state index contributed by atoms with van der Waals surface area (Å²) in [4.78, 5) is 0. The summed E-state index contributed by atoms with van der Waals surface area (Å²) in [5, 5.41) is 4.13. The molecule has 0 bridgehead atoms. The maximum atomic E-state index is 6.08. The summed E-state index contributed by atoms with van der Waals surface area (Å²) in [7, 11) is 1.67. The molecule has 0 aliphatic heterocycles. The van der Waals surface area contributed by atoms with Crippen LogP contribution in [0.3, 0.4) is 0 Å². The van der Waals surface area contributed by atoms with Gasteiger partial charge in [-0.2, -0.15) is 0 Å². The first kappa shape index (κ1) is 14.2. The topological polar surface area (TPSA) is 21.3 Å². The molecule has 0 spiro atoms. The number of halogens is 2. The van der Waals surface area contributed by atoms with Crippen molar-refractivity contribution < 1.29 is 4.74 Å². The molecule has 4 heteroatoms. The summed E-state index contributed by atoms with van der Waals surface area (Å²) in [5.74, 6) is 0.870. The Morgan fingerprint density at radius 3 is 2.63 bits per heavy atom. The lowest BCUT2D eigenvalue weighted by Crippen LogP contribution is -2.01. The molecule has 2 aromatic carbocycles. The first-order chi connectivity index (χ1) is 9.10. The number of nitrogens with one attached hydrogen (secondary N) is 1. The Morgan fingerprint density at radius 2 is 2.00 bits per heavy atom. The molecule has 2 nitrogen and oxygen atoms in total. The van der Waals surface area contributed by atoms with Crippen LogP contribution in [0.1, 0.15) is 11.1 Å². The molecule has 0 atom stereocenters. The average Bonchev–Trinajstić information content (AvgIpc) is 2.41. The second-order valence-corrected chi connectivity index (χ2v) is 5.54. The molecule has 0 saturated carbocycles. The highest BCUT2D eigenvalue weighted by Gasteiger charge is 2.02. The van der Waals surface area contributed by atoms with Gasteiger partial charge in [0.15, 0.2) is 0 Å². The molecule has 0 aliphatic carbocycles. The largest absolute Gasteiger partial charge is 0.497 e. The van der Waals surface area contributed by atoms with E-state index in [4.69, 9.17) is 16.3 Å². The van der Waals surface area contributed by atoms with E-state index in [0.29, 0.717) is 0 Å². The van der Waals surface area contributed by atoms with Crippen LogP contribution in [0.25, 0.3) is 0 Å². The highest BCUT2D eigenvalue weighted by atomic mass is 79.9. The van der Waals surface area contributed by atoms with Crippen LogP contribution < -0.4 is 10.1 Å². The van der Waals surface area contributed by atoms with Crippen LogP contribution in [0.15, 0.2) is 40.9 Å². The Labute approximate surface area is 126 Å². The van der Waals surface area contributed by atoms with Gasteiger partial charge in [0.2, 0.25) is 0 Å². The molecule has 100 valence electrons. The lowest BCUT2D eigenvalue weighted by Gasteiger charge is -2.11. The van der Waals surface area contributed by atoms with Gasteiger partial charge in [0, 0.05) is 16.7 Å². The van der Waals surface area contributed by atoms with E-state index < -0.39 is 0 Å². The highest BCUT2D eigenvalue weighted by molar-refractivity contribution is 9.10. The monoisotopic (exact) mass is 339 g/mol. The van der Waals surface area contributed by atoms with Crippen molar-refractivity contribution in [1.82, 2.24) is 0 Å². The van der Waals surface area contributed by atoms with Gasteiger partial charge in [0.1, 0.15) is 5.75 Å². The van der Waals surface area contributed by atoms with Crippen molar-refractivity contribution in [2.75, 3.05) is 12.4 Å². The van der Waals surface area contributed by atoms with Crippen LogP contribution in [-0.2, 0) is 6.54 Å². The number of aryl methyl sites for hydroxylation is 1. The van der Waals surface area contributed by atoms with E-state index in [1.54, 1.807) is 7.11 Å². The van der Waals surface area contributed by atoms with Gasteiger partial charge in [-0.15, -0.1) is 0 Å². The molecule has 0 saturated heterocycles. The van der Waals surface area contributed by atoms with Crippen LogP contribution in [0.5, 0.6) is 5.75 Å². The molecular formula is C15H15BrClNO. The zero-order valence-corrected chi connectivity index (χ0v) is 13.2. The van der Waals surface area contributed by atoms with Gasteiger partial charge in [-0.05, 0) is 64.3 Å². The maximum Gasteiger partial charge on any atom is 0.119 e. The number of hydrogen-bond donors (Lipinski definition) is 1. The van der Waals surface area contributed by atoms with E-state index in [1.807, 2.05) is 36.4 Å². The lowest BCUT2D eigenvalue weighted by molar-refractivity contribution is 0.414. The predicted octanol–water partition coefficient (Wildman–Crippen LogP) is 5.03. The second kappa shape index (κ2) is 6.31. The van der Waals surface area contributed by atoms with Crippen molar-refractivity contribution in [1.29, 1.82) is 0 Å². The molecule has 19 heavy (non-hydrogen) atoms. The van der Waals surface area contributed by atoms with Crippen LogP contribution in [0.4, 0.5) is 5.69 Å². The van der Waals surface area contributed by atoms with E-state index in [-0.39, 0.29) is 0 Å². The zero-order chi connectivity index (χ0) is 13.8. The number of benzene rings is 2. The molecule has 2 rings (SSSR count).